The highest BCUT2D eigenvalue weighted by molar-refractivity contribution is 7.13. The monoisotopic (exact) mass is 548 g/mol. The van der Waals surface area contributed by atoms with Gasteiger partial charge in [0, 0.05) is 23.4 Å². The van der Waals surface area contributed by atoms with E-state index < -0.39 is 11.7 Å². The van der Waals surface area contributed by atoms with Crippen LogP contribution in [0.1, 0.15) is 70.2 Å². The Morgan fingerprint density at radius 1 is 1.03 bits per heavy atom. The van der Waals surface area contributed by atoms with Crippen LogP contribution in [0.3, 0.4) is 0 Å². The van der Waals surface area contributed by atoms with Crippen LogP contribution in [0.25, 0.3) is 5.57 Å². The highest BCUT2D eigenvalue weighted by atomic mass is 32.1. The van der Waals surface area contributed by atoms with Gasteiger partial charge in [0.05, 0.1) is 24.2 Å². The molecule has 2 aromatic heterocycles. The van der Waals surface area contributed by atoms with Gasteiger partial charge in [-0.05, 0) is 75.6 Å². The molecule has 2 amide bonds. The summed E-state index contributed by atoms with van der Waals surface area (Å²) in [5, 5.41) is 8.00. The van der Waals surface area contributed by atoms with E-state index in [2.05, 4.69) is 51.8 Å². The molecular weight excluding hydrogens is 512 g/mol. The number of pyridine rings is 1. The third-order valence-corrected chi connectivity index (χ3v) is 7.02. The number of amides is 2. The summed E-state index contributed by atoms with van der Waals surface area (Å²) in [6.07, 6.45) is 6.44. The Labute approximate surface area is 233 Å². The van der Waals surface area contributed by atoms with E-state index in [1.54, 1.807) is 18.3 Å². The molecule has 0 spiro atoms. The van der Waals surface area contributed by atoms with Crippen LogP contribution in [0.15, 0.2) is 53.5 Å². The van der Waals surface area contributed by atoms with Crippen LogP contribution >= 0.6 is 11.3 Å². The maximum atomic E-state index is 13.2. The summed E-state index contributed by atoms with van der Waals surface area (Å²) in [7, 11) is 0. The minimum Gasteiger partial charge on any atom is -0.477 e. The average molecular weight is 549 g/mol. The second-order valence-corrected chi connectivity index (χ2v) is 11.3. The first kappa shape index (κ1) is 28.3. The molecule has 8 nitrogen and oxygen atoms in total. The van der Waals surface area contributed by atoms with E-state index in [4.69, 9.17) is 9.47 Å². The van der Waals surface area contributed by atoms with Gasteiger partial charge in [0.1, 0.15) is 5.60 Å². The Kier molecular flexibility index (Phi) is 9.35. The van der Waals surface area contributed by atoms with Gasteiger partial charge in [0.15, 0.2) is 5.13 Å². The van der Waals surface area contributed by atoms with Crippen molar-refractivity contribution in [1.82, 2.24) is 9.97 Å². The molecule has 2 N–H and O–H groups in total. The van der Waals surface area contributed by atoms with Crippen molar-refractivity contribution >= 4 is 39.7 Å². The normalized spacial score (nSPS) is 13.6. The number of allylic oxidation sites excluding steroid dienone is 1. The maximum absolute atomic E-state index is 13.2. The molecule has 1 aliphatic carbocycles. The summed E-state index contributed by atoms with van der Waals surface area (Å²) in [6.45, 7) is 7.94. The molecule has 0 bridgehead atoms. The van der Waals surface area contributed by atoms with Gasteiger partial charge >= 0.3 is 6.09 Å². The standard InChI is InChI=1S/C30H36N4O4S/c1-5-20-10-12-21(13-11-20)24-8-6-7-9-25(24)27(35)32-22-14-15-26(31-18-22)37-17-16-23-19-39-28(33-23)34-29(36)38-30(2,3)4/h10-15,18-19H,5-9,16-17H2,1-4H3,(H,32,35)(H,33,34,36). The lowest BCUT2D eigenvalue weighted by Gasteiger charge is -2.20. The van der Waals surface area contributed by atoms with E-state index in [1.165, 1.54) is 16.9 Å². The van der Waals surface area contributed by atoms with E-state index in [0.717, 1.165) is 54.5 Å². The molecule has 1 aliphatic rings. The topological polar surface area (TPSA) is 102 Å². The smallest absolute Gasteiger partial charge is 0.413 e. The number of nitrogens with one attached hydrogen (secondary N) is 2. The van der Waals surface area contributed by atoms with Crippen LogP contribution in [-0.4, -0.2) is 34.2 Å². The maximum Gasteiger partial charge on any atom is 0.413 e. The van der Waals surface area contributed by atoms with Crippen molar-refractivity contribution in [2.75, 3.05) is 17.2 Å². The Morgan fingerprint density at radius 3 is 2.49 bits per heavy atom. The van der Waals surface area contributed by atoms with Crippen molar-refractivity contribution in [2.24, 2.45) is 0 Å². The number of hydrogen-bond acceptors (Lipinski definition) is 7. The number of nitrogens with zero attached hydrogens (tertiary/aromatic N) is 2. The minimum atomic E-state index is -0.569. The van der Waals surface area contributed by atoms with Crippen LogP contribution < -0.4 is 15.4 Å². The largest absolute Gasteiger partial charge is 0.477 e. The number of carbonyl (C=O) groups is 2. The molecule has 0 radical (unpaired) electrons. The summed E-state index contributed by atoms with van der Waals surface area (Å²) in [6, 6.07) is 12.1. The van der Waals surface area contributed by atoms with Gasteiger partial charge in [0.2, 0.25) is 5.88 Å². The number of aromatic nitrogens is 2. The number of hydrogen-bond donors (Lipinski definition) is 2. The van der Waals surface area contributed by atoms with Crippen LogP contribution in [0.5, 0.6) is 5.88 Å². The molecule has 39 heavy (non-hydrogen) atoms. The second kappa shape index (κ2) is 12.9. The summed E-state index contributed by atoms with van der Waals surface area (Å²) >= 11 is 1.33. The molecule has 1 aromatic carbocycles. The van der Waals surface area contributed by atoms with Crippen LogP contribution in [0, 0.1) is 0 Å². The number of carbonyl (C=O) groups excluding carboxylic acids is 2. The zero-order valence-corrected chi connectivity index (χ0v) is 23.8. The fourth-order valence-corrected chi connectivity index (χ4v) is 5.02. The van der Waals surface area contributed by atoms with Crippen molar-refractivity contribution in [3.05, 3.63) is 70.4 Å². The third kappa shape index (κ3) is 8.38. The van der Waals surface area contributed by atoms with Gasteiger partial charge in [-0.25, -0.2) is 14.8 Å². The zero-order chi connectivity index (χ0) is 27.8. The first-order chi connectivity index (χ1) is 18.7. The fourth-order valence-electron chi connectivity index (χ4n) is 4.29. The predicted octanol–water partition coefficient (Wildman–Crippen LogP) is 7.04. The van der Waals surface area contributed by atoms with E-state index in [9.17, 15) is 9.59 Å². The highest BCUT2D eigenvalue weighted by Gasteiger charge is 2.21. The predicted molar refractivity (Wildman–Crippen MR) is 155 cm³/mol. The Bertz CT molecular complexity index is 1310. The highest BCUT2D eigenvalue weighted by Crippen LogP contribution is 2.33. The van der Waals surface area contributed by atoms with E-state index in [-0.39, 0.29) is 5.91 Å². The lowest BCUT2D eigenvalue weighted by atomic mass is 9.86. The lowest BCUT2D eigenvalue weighted by Crippen LogP contribution is -2.27. The molecule has 206 valence electrons. The van der Waals surface area contributed by atoms with Gasteiger partial charge < -0.3 is 14.8 Å². The number of thiazole rings is 1. The third-order valence-electron chi connectivity index (χ3n) is 6.21. The van der Waals surface area contributed by atoms with Crippen molar-refractivity contribution in [3.63, 3.8) is 0 Å². The summed E-state index contributed by atoms with van der Waals surface area (Å²) in [5.41, 5.74) is 5.28. The first-order valence-corrected chi connectivity index (χ1v) is 14.2. The van der Waals surface area contributed by atoms with Gasteiger partial charge in [0.25, 0.3) is 5.91 Å². The summed E-state index contributed by atoms with van der Waals surface area (Å²) in [4.78, 5) is 33.8. The molecule has 0 saturated heterocycles. The van der Waals surface area contributed by atoms with Gasteiger partial charge in [-0.2, -0.15) is 0 Å². The molecule has 0 atom stereocenters. The number of benzene rings is 1. The van der Waals surface area contributed by atoms with Crippen LogP contribution in [0.2, 0.25) is 0 Å². The van der Waals surface area contributed by atoms with Gasteiger partial charge in [-0.3, -0.25) is 10.1 Å². The molecule has 0 unspecified atom stereocenters. The molecule has 0 fully saturated rings. The lowest BCUT2D eigenvalue weighted by molar-refractivity contribution is -0.113. The van der Waals surface area contributed by atoms with Crippen molar-refractivity contribution in [3.8, 4) is 5.88 Å². The summed E-state index contributed by atoms with van der Waals surface area (Å²) in [5.74, 6) is 0.392. The van der Waals surface area contributed by atoms with E-state index >= 15 is 0 Å². The van der Waals surface area contributed by atoms with Gasteiger partial charge in [-0.1, -0.05) is 31.2 Å². The molecule has 4 rings (SSSR count). The zero-order valence-electron chi connectivity index (χ0n) is 23.0. The molecule has 9 heteroatoms. The first-order valence-electron chi connectivity index (χ1n) is 13.4. The van der Waals surface area contributed by atoms with Gasteiger partial charge in [-0.15, -0.1) is 11.3 Å². The van der Waals surface area contributed by atoms with Crippen molar-refractivity contribution in [2.45, 2.75) is 71.8 Å². The summed E-state index contributed by atoms with van der Waals surface area (Å²) < 4.78 is 11.0. The average Bonchev–Trinajstić information content (AvgIpc) is 3.35. The molecule has 3 aromatic rings. The quantitative estimate of drug-likeness (QED) is 0.297. The Morgan fingerprint density at radius 2 is 1.79 bits per heavy atom. The Hall–Kier alpha value is -3.72. The van der Waals surface area contributed by atoms with Crippen molar-refractivity contribution < 1.29 is 19.1 Å². The van der Waals surface area contributed by atoms with Crippen LogP contribution in [-0.2, 0) is 22.4 Å². The molecule has 0 aliphatic heterocycles. The SMILES string of the molecule is CCc1ccc(C2=C(C(=O)Nc3ccc(OCCc4csc(NC(=O)OC(C)(C)C)n4)nc3)CCCC2)cc1. The molecule has 0 saturated carbocycles. The second-order valence-electron chi connectivity index (χ2n) is 10.4. The minimum absolute atomic E-state index is 0.0703. The van der Waals surface area contributed by atoms with Crippen molar-refractivity contribution in [1.29, 1.82) is 0 Å². The number of ether oxygens (including phenoxy) is 2. The Balaban J connectivity index is 1.29. The number of anilines is 2. The molecular formula is C30H36N4O4S. The van der Waals surface area contributed by atoms with Crippen LogP contribution in [0.4, 0.5) is 15.6 Å². The fraction of sp³-hybridized carbons (Fsp3) is 0.400. The van der Waals surface area contributed by atoms with E-state index in [1.807, 2.05) is 26.2 Å². The van der Waals surface area contributed by atoms with E-state index in [0.29, 0.717) is 29.7 Å². The number of rotatable bonds is 9. The number of aryl methyl sites for hydroxylation is 1. The molecule has 2 heterocycles.